The quantitative estimate of drug-likeness (QED) is 0.476. The number of nitrogens with zero attached hydrogens (tertiary/aromatic N) is 2. The van der Waals surface area contributed by atoms with Crippen LogP contribution in [0.4, 0.5) is 5.13 Å². The van der Waals surface area contributed by atoms with Gasteiger partial charge in [0.25, 0.3) is 5.91 Å². The summed E-state index contributed by atoms with van der Waals surface area (Å²) in [5, 5.41) is 13.2. The van der Waals surface area contributed by atoms with E-state index < -0.39 is 5.91 Å². The predicted molar refractivity (Wildman–Crippen MR) is 110 cm³/mol. The average molecular weight is 394 g/mol. The van der Waals surface area contributed by atoms with Crippen LogP contribution in [0.2, 0.25) is 5.02 Å². The van der Waals surface area contributed by atoms with E-state index in [-0.39, 0.29) is 5.57 Å². The van der Waals surface area contributed by atoms with E-state index >= 15 is 0 Å². The van der Waals surface area contributed by atoms with Gasteiger partial charge in [-0.25, -0.2) is 4.98 Å². The third-order valence-corrected chi connectivity index (χ3v) is 5.18. The number of aryl methyl sites for hydroxylation is 1. The molecule has 27 heavy (non-hydrogen) atoms. The molecule has 0 bridgehead atoms. The van der Waals surface area contributed by atoms with E-state index in [1.165, 1.54) is 11.3 Å². The molecule has 0 fully saturated rings. The molecule has 0 atom stereocenters. The van der Waals surface area contributed by atoms with Crippen LogP contribution >= 0.6 is 22.9 Å². The maximum absolute atomic E-state index is 12.3. The Balaban J connectivity index is 1.69. The van der Waals surface area contributed by atoms with Crippen molar-refractivity contribution in [1.29, 1.82) is 5.26 Å². The van der Waals surface area contributed by atoms with Crippen molar-refractivity contribution in [2.24, 2.45) is 0 Å². The summed E-state index contributed by atoms with van der Waals surface area (Å²) in [5.41, 5.74) is 2.93. The van der Waals surface area contributed by atoms with E-state index in [0.29, 0.717) is 11.6 Å². The Morgan fingerprint density at radius 3 is 2.78 bits per heavy atom. The molecule has 4 nitrogen and oxygen atoms in total. The molecule has 134 valence electrons. The van der Waals surface area contributed by atoms with Gasteiger partial charge in [0.1, 0.15) is 11.6 Å². The van der Waals surface area contributed by atoms with Gasteiger partial charge >= 0.3 is 0 Å². The first-order valence-electron chi connectivity index (χ1n) is 8.23. The number of anilines is 1. The Morgan fingerprint density at radius 1 is 1.30 bits per heavy atom. The lowest BCUT2D eigenvalue weighted by atomic mass is 10.1. The summed E-state index contributed by atoms with van der Waals surface area (Å²) in [5.74, 6) is -0.472. The van der Waals surface area contributed by atoms with E-state index in [1.54, 1.807) is 12.3 Å². The third-order valence-electron chi connectivity index (χ3n) is 3.86. The van der Waals surface area contributed by atoms with Crippen LogP contribution in [0.25, 0.3) is 6.08 Å². The number of nitriles is 1. The fourth-order valence-electron chi connectivity index (χ4n) is 2.42. The SMILES string of the molecule is Cc1ccc(Cc2cnc(NC(=O)C(C#N)=Cc3ccccc3)s2)cc1Cl. The first kappa shape index (κ1) is 18.8. The van der Waals surface area contributed by atoms with Gasteiger partial charge in [-0.3, -0.25) is 10.1 Å². The molecule has 0 spiro atoms. The minimum Gasteiger partial charge on any atom is -0.297 e. The number of aromatic nitrogens is 1. The van der Waals surface area contributed by atoms with Gasteiger partial charge in [0, 0.05) is 22.5 Å². The fourth-order valence-corrected chi connectivity index (χ4v) is 3.47. The number of halogens is 1. The summed E-state index contributed by atoms with van der Waals surface area (Å²) in [6, 6.07) is 17.1. The number of hydrogen-bond acceptors (Lipinski definition) is 4. The van der Waals surface area contributed by atoms with Crippen LogP contribution in [0.5, 0.6) is 0 Å². The van der Waals surface area contributed by atoms with Crippen molar-refractivity contribution in [3.8, 4) is 6.07 Å². The largest absolute Gasteiger partial charge is 0.297 e. The minimum atomic E-state index is -0.472. The van der Waals surface area contributed by atoms with Crippen molar-refractivity contribution in [2.45, 2.75) is 13.3 Å². The first-order chi connectivity index (χ1) is 13.0. The maximum Gasteiger partial charge on any atom is 0.268 e. The smallest absolute Gasteiger partial charge is 0.268 e. The zero-order valence-corrected chi connectivity index (χ0v) is 16.1. The zero-order valence-electron chi connectivity index (χ0n) is 14.6. The second-order valence-corrected chi connectivity index (χ2v) is 7.45. The van der Waals surface area contributed by atoms with Gasteiger partial charge in [0.2, 0.25) is 0 Å². The predicted octanol–water partition coefficient (Wildman–Crippen LogP) is 5.24. The Labute approximate surface area is 166 Å². The van der Waals surface area contributed by atoms with E-state index in [9.17, 15) is 10.1 Å². The van der Waals surface area contributed by atoms with Gasteiger partial charge in [-0.05, 0) is 35.8 Å². The van der Waals surface area contributed by atoms with Crippen molar-refractivity contribution >= 4 is 40.1 Å². The summed E-state index contributed by atoms with van der Waals surface area (Å²) in [4.78, 5) is 17.6. The molecule has 2 aromatic carbocycles. The van der Waals surface area contributed by atoms with Crippen molar-refractivity contribution < 1.29 is 4.79 Å². The van der Waals surface area contributed by atoms with Crippen LogP contribution in [-0.2, 0) is 11.2 Å². The van der Waals surface area contributed by atoms with E-state index in [4.69, 9.17) is 11.6 Å². The number of benzene rings is 2. The lowest BCUT2D eigenvalue weighted by Crippen LogP contribution is -2.13. The molecule has 3 rings (SSSR count). The summed E-state index contributed by atoms with van der Waals surface area (Å²) < 4.78 is 0. The summed E-state index contributed by atoms with van der Waals surface area (Å²) in [6.45, 7) is 1.96. The molecule has 1 N–H and O–H groups in total. The highest BCUT2D eigenvalue weighted by atomic mass is 35.5. The number of carbonyl (C=O) groups excluding carboxylic acids is 1. The lowest BCUT2D eigenvalue weighted by molar-refractivity contribution is -0.112. The normalized spacial score (nSPS) is 11.1. The lowest BCUT2D eigenvalue weighted by Gasteiger charge is -2.02. The summed E-state index contributed by atoms with van der Waals surface area (Å²) in [7, 11) is 0. The molecule has 0 aliphatic rings. The molecule has 1 heterocycles. The van der Waals surface area contributed by atoms with Gasteiger partial charge in [-0.2, -0.15) is 5.26 Å². The first-order valence-corrected chi connectivity index (χ1v) is 9.42. The molecule has 0 saturated heterocycles. The van der Waals surface area contributed by atoms with Gasteiger partial charge < -0.3 is 0 Å². The van der Waals surface area contributed by atoms with Gasteiger partial charge in [-0.15, -0.1) is 11.3 Å². The second kappa shape index (κ2) is 8.63. The van der Waals surface area contributed by atoms with Crippen LogP contribution in [0.15, 0.2) is 60.3 Å². The number of amides is 1. The van der Waals surface area contributed by atoms with Crippen molar-refractivity contribution in [1.82, 2.24) is 4.98 Å². The highest BCUT2D eigenvalue weighted by molar-refractivity contribution is 7.15. The van der Waals surface area contributed by atoms with Crippen molar-refractivity contribution in [3.05, 3.63) is 86.9 Å². The number of rotatable bonds is 5. The number of hydrogen-bond donors (Lipinski definition) is 1. The van der Waals surface area contributed by atoms with Crippen molar-refractivity contribution in [2.75, 3.05) is 5.32 Å². The molecule has 6 heteroatoms. The Morgan fingerprint density at radius 2 is 2.07 bits per heavy atom. The Kier molecular flexibility index (Phi) is 6.02. The summed E-state index contributed by atoms with van der Waals surface area (Å²) >= 11 is 7.54. The van der Waals surface area contributed by atoms with Crippen LogP contribution in [0.3, 0.4) is 0 Å². The molecule has 1 aromatic heterocycles. The molecule has 0 aliphatic heterocycles. The average Bonchev–Trinajstić information content (AvgIpc) is 3.10. The monoisotopic (exact) mass is 393 g/mol. The highest BCUT2D eigenvalue weighted by Gasteiger charge is 2.12. The van der Waals surface area contributed by atoms with Crippen LogP contribution < -0.4 is 5.32 Å². The summed E-state index contributed by atoms with van der Waals surface area (Å²) in [6.07, 6.45) is 3.96. The molecule has 0 saturated carbocycles. The number of carbonyl (C=O) groups is 1. The third kappa shape index (κ3) is 5.04. The van der Waals surface area contributed by atoms with Crippen molar-refractivity contribution in [3.63, 3.8) is 0 Å². The van der Waals surface area contributed by atoms with Crippen LogP contribution in [0, 0.1) is 18.3 Å². The Hall–Kier alpha value is -2.94. The molecular weight excluding hydrogens is 378 g/mol. The number of nitrogens with one attached hydrogen (secondary N) is 1. The van der Waals surface area contributed by atoms with Crippen LogP contribution in [-0.4, -0.2) is 10.9 Å². The molecule has 0 unspecified atom stereocenters. The van der Waals surface area contributed by atoms with Crippen LogP contribution in [0.1, 0.15) is 21.6 Å². The molecule has 0 radical (unpaired) electrons. The van der Waals surface area contributed by atoms with E-state index in [0.717, 1.165) is 26.6 Å². The minimum absolute atomic E-state index is 0.0308. The standard InChI is InChI=1S/C21H16ClN3OS/c1-14-7-8-16(11-19(14)22)10-18-13-24-21(27-18)25-20(26)17(12-23)9-15-5-3-2-4-6-15/h2-9,11,13H,10H2,1H3,(H,24,25,26). The van der Waals surface area contributed by atoms with Gasteiger partial charge in [0.05, 0.1) is 0 Å². The molecular formula is C21H16ClN3OS. The second-order valence-electron chi connectivity index (χ2n) is 5.93. The van der Waals surface area contributed by atoms with E-state index in [1.807, 2.05) is 61.5 Å². The number of thiazole rings is 1. The zero-order chi connectivity index (χ0) is 19.2. The topological polar surface area (TPSA) is 65.8 Å². The molecule has 0 aliphatic carbocycles. The molecule has 1 amide bonds. The van der Waals surface area contributed by atoms with Gasteiger partial charge in [0.15, 0.2) is 5.13 Å². The van der Waals surface area contributed by atoms with Gasteiger partial charge in [-0.1, -0.05) is 54.1 Å². The highest BCUT2D eigenvalue weighted by Crippen LogP contribution is 2.24. The maximum atomic E-state index is 12.3. The fraction of sp³-hybridized carbons (Fsp3) is 0.0952. The molecule has 3 aromatic rings. The Bertz CT molecular complexity index is 1040. The van der Waals surface area contributed by atoms with E-state index in [2.05, 4.69) is 10.3 Å².